The number of aliphatic carboxylic acids is 1. The highest BCUT2D eigenvalue weighted by Gasteiger charge is 2.36. The Hall–Kier alpha value is -3.14. The Morgan fingerprint density at radius 2 is 1.56 bits per heavy atom. The summed E-state index contributed by atoms with van der Waals surface area (Å²) < 4.78 is 21.1. The second-order valence-corrected chi connectivity index (χ2v) is 8.59. The largest absolute Gasteiger partial charge is 0.508 e. The van der Waals surface area contributed by atoms with Gasteiger partial charge in [-0.15, -0.1) is 0 Å². The number of rotatable bonds is 9. The predicted octanol–water partition coefficient (Wildman–Crippen LogP) is 3.54. The average Bonchev–Trinajstić information content (AvgIpc) is 2.75. The zero-order valence-electron chi connectivity index (χ0n) is 19.9. The van der Waals surface area contributed by atoms with Crippen molar-refractivity contribution in [2.75, 3.05) is 0 Å². The Labute approximate surface area is 198 Å². The fraction of sp³-hybridized carbons (Fsp3) is 0.583. The summed E-state index contributed by atoms with van der Waals surface area (Å²) in [7, 11) is 0. The molecule has 0 radical (unpaired) electrons. The predicted molar refractivity (Wildman–Crippen MR) is 120 cm³/mol. The maximum atomic E-state index is 12.3. The van der Waals surface area contributed by atoms with E-state index in [0.717, 1.165) is 32.1 Å². The molecule has 1 aromatic rings. The maximum absolute atomic E-state index is 12.3. The molecule has 0 amide bonds. The van der Waals surface area contributed by atoms with E-state index in [2.05, 4.69) is 0 Å². The molecule has 10 heteroatoms. The van der Waals surface area contributed by atoms with Crippen LogP contribution in [-0.2, 0) is 23.9 Å². The van der Waals surface area contributed by atoms with Gasteiger partial charge in [-0.3, -0.25) is 14.4 Å². The Bertz CT molecular complexity index is 894. The van der Waals surface area contributed by atoms with Crippen LogP contribution in [0, 0.1) is 5.92 Å². The van der Waals surface area contributed by atoms with Gasteiger partial charge in [-0.1, -0.05) is 19.4 Å². The first-order chi connectivity index (χ1) is 16.0. The number of hydrogen-bond donors (Lipinski definition) is 2. The highest BCUT2D eigenvalue weighted by atomic mass is 16.7. The summed E-state index contributed by atoms with van der Waals surface area (Å²) >= 11 is 0. The molecule has 34 heavy (non-hydrogen) atoms. The molecule has 0 saturated heterocycles. The van der Waals surface area contributed by atoms with Gasteiger partial charge in [0.05, 0.1) is 0 Å². The van der Waals surface area contributed by atoms with Gasteiger partial charge in [0.25, 0.3) is 0 Å². The quantitative estimate of drug-likeness (QED) is 0.397. The van der Waals surface area contributed by atoms with E-state index in [-0.39, 0.29) is 17.6 Å². The molecule has 0 heterocycles. The molecule has 2 rings (SSSR count). The number of carboxylic acid groups (broad SMARTS) is 1. The number of ether oxygens (including phenoxy) is 4. The van der Waals surface area contributed by atoms with Gasteiger partial charge in [-0.05, 0) is 50.3 Å². The molecule has 4 atom stereocenters. The van der Waals surface area contributed by atoms with E-state index in [1.165, 1.54) is 32.0 Å². The topological polar surface area (TPSA) is 151 Å². The van der Waals surface area contributed by atoms with Crippen molar-refractivity contribution in [2.45, 2.75) is 84.0 Å². The zero-order chi connectivity index (χ0) is 25.4. The number of esters is 2. The first-order valence-electron chi connectivity index (χ1n) is 11.4. The van der Waals surface area contributed by atoms with Crippen molar-refractivity contribution in [1.29, 1.82) is 0 Å². The number of carbonyl (C=O) groups is 4. The summed E-state index contributed by atoms with van der Waals surface area (Å²) in [5.74, 6) is -3.98. The molecular weight excluding hydrogens is 446 g/mol. The number of benzene rings is 1. The minimum atomic E-state index is -1.36. The molecule has 1 fully saturated rings. The third kappa shape index (κ3) is 7.72. The number of hydrogen-bond acceptors (Lipinski definition) is 9. The lowest BCUT2D eigenvalue weighted by Gasteiger charge is -2.32. The van der Waals surface area contributed by atoms with E-state index in [1.54, 1.807) is 13.8 Å². The summed E-state index contributed by atoms with van der Waals surface area (Å²) in [6.45, 7) is 5.72. The Morgan fingerprint density at radius 1 is 0.971 bits per heavy atom. The van der Waals surface area contributed by atoms with Crippen LogP contribution in [0.4, 0.5) is 4.79 Å². The van der Waals surface area contributed by atoms with E-state index in [1.807, 2.05) is 0 Å². The van der Waals surface area contributed by atoms with E-state index in [0.29, 0.717) is 5.56 Å². The highest BCUT2D eigenvalue weighted by Crippen LogP contribution is 2.37. The van der Waals surface area contributed by atoms with Gasteiger partial charge in [-0.25, -0.2) is 4.79 Å². The molecule has 0 aromatic heterocycles. The fourth-order valence-electron chi connectivity index (χ4n) is 4.10. The molecule has 0 spiro atoms. The van der Waals surface area contributed by atoms with Crippen molar-refractivity contribution in [3.63, 3.8) is 0 Å². The second-order valence-electron chi connectivity index (χ2n) is 8.59. The van der Waals surface area contributed by atoms with E-state index < -0.39 is 48.0 Å². The van der Waals surface area contributed by atoms with Crippen LogP contribution in [0.2, 0.25) is 0 Å². The molecule has 1 aliphatic carbocycles. The standard InChI is InChI=1S/C24H33NO9/c1-13(14(2)31-24(30)34-18-8-6-5-7-9-18)21(22(25)23(28)29)17-10-11-19(32-15(3)26)20(12-17)33-16(4)27/h10-14,18,21-22H,5-9,25H2,1-4H3,(H,28,29)/t13?,14?,21?,22-/m0/s1. The monoisotopic (exact) mass is 479 g/mol. The summed E-state index contributed by atoms with van der Waals surface area (Å²) in [6, 6.07) is 2.96. The van der Waals surface area contributed by atoms with E-state index in [4.69, 9.17) is 24.7 Å². The normalized spacial score (nSPS) is 17.6. The van der Waals surface area contributed by atoms with Crippen LogP contribution < -0.4 is 15.2 Å². The first kappa shape index (κ1) is 27.1. The van der Waals surface area contributed by atoms with Crippen molar-refractivity contribution in [2.24, 2.45) is 11.7 Å². The molecule has 188 valence electrons. The van der Waals surface area contributed by atoms with Crippen molar-refractivity contribution in [3.05, 3.63) is 23.8 Å². The van der Waals surface area contributed by atoms with Crippen LogP contribution in [0.3, 0.4) is 0 Å². The van der Waals surface area contributed by atoms with Crippen LogP contribution in [0.25, 0.3) is 0 Å². The van der Waals surface area contributed by atoms with Crippen LogP contribution in [0.5, 0.6) is 11.5 Å². The molecule has 1 aromatic carbocycles. The van der Waals surface area contributed by atoms with Crippen molar-refractivity contribution >= 4 is 24.1 Å². The molecule has 1 saturated carbocycles. The number of nitrogens with two attached hydrogens (primary N) is 1. The van der Waals surface area contributed by atoms with Crippen LogP contribution in [-0.4, -0.2) is 47.4 Å². The van der Waals surface area contributed by atoms with Gasteiger partial charge in [-0.2, -0.15) is 0 Å². The Kier molecular flexibility index (Phi) is 9.85. The van der Waals surface area contributed by atoms with Gasteiger partial charge < -0.3 is 29.8 Å². The zero-order valence-corrected chi connectivity index (χ0v) is 19.9. The van der Waals surface area contributed by atoms with Crippen LogP contribution in [0.15, 0.2) is 18.2 Å². The Balaban J connectivity index is 2.27. The smallest absolute Gasteiger partial charge is 0.480 e. The van der Waals surface area contributed by atoms with E-state index >= 15 is 0 Å². The molecular formula is C24H33NO9. The molecule has 3 unspecified atom stereocenters. The highest BCUT2D eigenvalue weighted by molar-refractivity contribution is 5.76. The maximum Gasteiger partial charge on any atom is 0.508 e. The molecule has 1 aliphatic rings. The molecule has 3 N–H and O–H groups in total. The van der Waals surface area contributed by atoms with Crippen molar-refractivity contribution in [3.8, 4) is 11.5 Å². The van der Waals surface area contributed by atoms with Gasteiger partial charge in [0.15, 0.2) is 11.5 Å². The average molecular weight is 480 g/mol. The number of carbonyl (C=O) groups excluding carboxylic acids is 3. The van der Waals surface area contributed by atoms with Crippen LogP contribution >= 0.6 is 0 Å². The summed E-state index contributed by atoms with van der Waals surface area (Å²) in [4.78, 5) is 47.0. The van der Waals surface area contributed by atoms with Gasteiger partial charge in [0.2, 0.25) is 0 Å². The van der Waals surface area contributed by atoms with Gasteiger partial charge in [0, 0.05) is 25.7 Å². The van der Waals surface area contributed by atoms with E-state index in [9.17, 15) is 24.3 Å². The van der Waals surface area contributed by atoms with Crippen LogP contribution in [0.1, 0.15) is 71.3 Å². The Morgan fingerprint density at radius 3 is 2.12 bits per heavy atom. The lowest BCUT2D eigenvalue weighted by Crippen LogP contribution is -2.43. The summed E-state index contributed by atoms with van der Waals surface area (Å²) in [5, 5.41) is 9.62. The van der Waals surface area contributed by atoms with Gasteiger partial charge in [0.1, 0.15) is 18.2 Å². The first-order valence-corrected chi connectivity index (χ1v) is 11.4. The fourth-order valence-corrected chi connectivity index (χ4v) is 4.10. The second kappa shape index (κ2) is 12.4. The molecule has 10 nitrogen and oxygen atoms in total. The number of carboxylic acids is 1. The lowest BCUT2D eigenvalue weighted by molar-refractivity contribution is -0.140. The summed E-state index contributed by atoms with van der Waals surface area (Å²) in [6.07, 6.45) is 2.96. The van der Waals surface area contributed by atoms with Gasteiger partial charge >= 0.3 is 24.1 Å². The third-order valence-electron chi connectivity index (χ3n) is 5.94. The molecule has 0 bridgehead atoms. The lowest BCUT2D eigenvalue weighted by atomic mass is 9.79. The molecule has 0 aliphatic heterocycles. The minimum absolute atomic E-state index is 0.00195. The van der Waals surface area contributed by atoms with Crippen molar-refractivity contribution < 1.29 is 43.2 Å². The SMILES string of the molecule is CC(=O)Oc1ccc(C(C(C)C(C)OC(=O)OC2CCCCC2)[C@H](N)C(=O)O)cc1OC(C)=O. The summed E-state index contributed by atoms with van der Waals surface area (Å²) in [5.41, 5.74) is 6.43. The van der Waals surface area contributed by atoms with Crippen molar-refractivity contribution in [1.82, 2.24) is 0 Å². The third-order valence-corrected chi connectivity index (χ3v) is 5.94. The minimum Gasteiger partial charge on any atom is -0.480 e.